The van der Waals surface area contributed by atoms with E-state index in [-0.39, 0.29) is 17.2 Å². The number of hydrogen-bond acceptors (Lipinski definition) is 3. The lowest BCUT2D eigenvalue weighted by molar-refractivity contribution is 0.0950. The second kappa shape index (κ2) is 7.60. The molecule has 0 spiro atoms. The van der Waals surface area contributed by atoms with Gasteiger partial charge in [-0.1, -0.05) is 26.0 Å². The minimum Gasteiger partial charge on any atom is -0.352 e. The second-order valence-corrected chi connectivity index (χ2v) is 7.54. The topological polar surface area (TPSA) is 75.3 Å². The van der Waals surface area contributed by atoms with Gasteiger partial charge in [-0.25, -0.2) is 17.2 Å². The van der Waals surface area contributed by atoms with Crippen molar-refractivity contribution in [2.24, 2.45) is 5.92 Å². The van der Waals surface area contributed by atoms with Crippen molar-refractivity contribution in [2.45, 2.75) is 18.7 Å². The molecule has 0 aromatic heterocycles. The van der Waals surface area contributed by atoms with Gasteiger partial charge in [0, 0.05) is 12.6 Å². The molecule has 134 valence electrons. The zero-order valence-electron chi connectivity index (χ0n) is 13.7. The van der Waals surface area contributed by atoms with Gasteiger partial charge in [-0.05, 0) is 30.2 Å². The molecule has 0 bridgehead atoms. The van der Waals surface area contributed by atoms with Gasteiger partial charge in [0.15, 0.2) is 0 Å². The normalized spacial score (nSPS) is 11.4. The molecule has 2 N–H and O–H groups in total. The number of halogens is 2. The van der Waals surface area contributed by atoms with Crippen LogP contribution in [-0.2, 0) is 10.0 Å². The standard InChI is InChI=1S/C17H18F2N2O3S/c1-11(2)10-20-17(22)15-5-3-4-6-16(15)21-25(23,24)14-8-12(18)7-13(19)9-14/h3-9,11,21H,10H2,1-2H3,(H,20,22). The first-order valence-electron chi connectivity index (χ1n) is 7.55. The minimum absolute atomic E-state index is 0.0217. The van der Waals surface area contributed by atoms with Crippen molar-refractivity contribution in [3.05, 3.63) is 59.7 Å². The first-order chi connectivity index (χ1) is 11.7. The van der Waals surface area contributed by atoms with Crippen molar-refractivity contribution in [1.29, 1.82) is 0 Å². The van der Waals surface area contributed by atoms with Crippen molar-refractivity contribution in [2.75, 3.05) is 11.3 Å². The van der Waals surface area contributed by atoms with Crippen molar-refractivity contribution < 1.29 is 22.0 Å². The Hall–Kier alpha value is -2.48. The Bertz CT molecular complexity index is 863. The number of nitrogens with one attached hydrogen (secondary N) is 2. The number of carbonyl (C=O) groups is 1. The van der Waals surface area contributed by atoms with Gasteiger partial charge in [0.05, 0.1) is 16.1 Å². The van der Waals surface area contributed by atoms with E-state index in [2.05, 4.69) is 10.0 Å². The van der Waals surface area contributed by atoms with Crippen LogP contribution in [0.5, 0.6) is 0 Å². The number of benzene rings is 2. The van der Waals surface area contributed by atoms with Gasteiger partial charge in [-0.2, -0.15) is 0 Å². The van der Waals surface area contributed by atoms with E-state index in [1.54, 1.807) is 12.1 Å². The molecule has 0 saturated carbocycles. The van der Waals surface area contributed by atoms with Crippen molar-refractivity contribution in [3.8, 4) is 0 Å². The lowest BCUT2D eigenvalue weighted by Crippen LogP contribution is -2.28. The third-order valence-corrected chi connectivity index (χ3v) is 4.58. The fraction of sp³-hybridized carbons (Fsp3) is 0.235. The van der Waals surface area contributed by atoms with Crippen LogP contribution in [0, 0.1) is 17.6 Å². The Balaban J connectivity index is 2.32. The van der Waals surface area contributed by atoms with Crippen LogP contribution in [0.25, 0.3) is 0 Å². The number of sulfonamides is 1. The van der Waals surface area contributed by atoms with Gasteiger partial charge in [-0.3, -0.25) is 9.52 Å². The quantitative estimate of drug-likeness (QED) is 0.822. The zero-order valence-corrected chi connectivity index (χ0v) is 14.5. The molecule has 0 aliphatic carbocycles. The Labute approximate surface area is 145 Å². The third kappa shape index (κ3) is 4.99. The SMILES string of the molecule is CC(C)CNC(=O)c1ccccc1NS(=O)(=O)c1cc(F)cc(F)c1. The maximum atomic E-state index is 13.3. The molecular weight excluding hydrogens is 350 g/mol. The van der Waals surface area contributed by atoms with Crippen LogP contribution < -0.4 is 10.0 Å². The Morgan fingerprint density at radius 1 is 1.08 bits per heavy atom. The molecule has 8 heteroatoms. The van der Waals surface area contributed by atoms with Gasteiger partial charge < -0.3 is 5.32 Å². The number of amides is 1. The molecule has 2 aromatic carbocycles. The van der Waals surface area contributed by atoms with Crippen LogP contribution in [0.1, 0.15) is 24.2 Å². The third-order valence-electron chi connectivity index (χ3n) is 3.23. The fourth-order valence-corrected chi connectivity index (χ4v) is 3.17. The van der Waals surface area contributed by atoms with Crippen LogP contribution in [0.15, 0.2) is 47.4 Å². The second-order valence-electron chi connectivity index (χ2n) is 5.86. The van der Waals surface area contributed by atoms with Crippen LogP contribution in [-0.4, -0.2) is 20.9 Å². The lowest BCUT2D eigenvalue weighted by atomic mass is 10.1. The number of rotatable bonds is 6. The van der Waals surface area contributed by atoms with Crippen LogP contribution in [0.3, 0.4) is 0 Å². The van der Waals surface area contributed by atoms with Crippen LogP contribution in [0.2, 0.25) is 0 Å². The predicted octanol–water partition coefficient (Wildman–Crippen LogP) is 3.15. The summed E-state index contributed by atoms with van der Waals surface area (Å²) in [6.45, 7) is 4.27. The van der Waals surface area contributed by atoms with Gasteiger partial charge >= 0.3 is 0 Å². The molecule has 0 heterocycles. The highest BCUT2D eigenvalue weighted by Gasteiger charge is 2.20. The van der Waals surface area contributed by atoms with Crippen molar-refractivity contribution >= 4 is 21.6 Å². The van der Waals surface area contributed by atoms with Gasteiger partial charge in [-0.15, -0.1) is 0 Å². The molecule has 1 amide bonds. The summed E-state index contributed by atoms with van der Waals surface area (Å²) in [6, 6.07) is 7.97. The van der Waals surface area contributed by atoms with E-state index >= 15 is 0 Å². The lowest BCUT2D eigenvalue weighted by Gasteiger charge is -2.13. The predicted molar refractivity (Wildman–Crippen MR) is 90.8 cm³/mol. The highest BCUT2D eigenvalue weighted by atomic mass is 32.2. The summed E-state index contributed by atoms with van der Waals surface area (Å²) in [5.41, 5.74) is 0.136. The molecule has 0 unspecified atom stereocenters. The highest BCUT2D eigenvalue weighted by molar-refractivity contribution is 7.92. The van der Waals surface area contributed by atoms with E-state index < -0.39 is 32.5 Å². The number of carbonyl (C=O) groups excluding carboxylic acids is 1. The molecule has 2 aromatic rings. The van der Waals surface area contributed by atoms with Crippen LogP contribution >= 0.6 is 0 Å². The fourth-order valence-electron chi connectivity index (χ4n) is 2.05. The van der Waals surface area contributed by atoms with Crippen molar-refractivity contribution in [1.82, 2.24) is 5.32 Å². The number of hydrogen-bond donors (Lipinski definition) is 2. The molecular formula is C17H18F2N2O3S. The number of anilines is 1. The maximum Gasteiger partial charge on any atom is 0.262 e. The molecule has 2 rings (SSSR count). The molecule has 0 radical (unpaired) electrons. The average Bonchev–Trinajstić information content (AvgIpc) is 2.52. The highest BCUT2D eigenvalue weighted by Crippen LogP contribution is 2.21. The summed E-state index contributed by atoms with van der Waals surface area (Å²) in [5.74, 6) is -2.24. The van der Waals surface area contributed by atoms with E-state index in [1.165, 1.54) is 12.1 Å². The van der Waals surface area contributed by atoms with E-state index in [4.69, 9.17) is 0 Å². The summed E-state index contributed by atoms with van der Waals surface area (Å²) in [6.07, 6.45) is 0. The summed E-state index contributed by atoms with van der Waals surface area (Å²) < 4.78 is 53.5. The molecule has 0 atom stereocenters. The molecule has 0 aliphatic heterocycles. The first kappa shape index (κ1) is 18.9. The van der Waals surface area contributed by atoms with E-state index in [0.29, 0.717) is 24.7 Å². The van der Waals surface area contributed by atoms with Crippen LogP contribution in [0.4, 0.5) is 14.5 Å². The van der Waals surface area contributed by atoms with E-state index in [9.17, 15) is 22.0 Å². The van der Waals surface area contributed by atoms with Crippen molar-refractivity contribution in [3.63, 3.8) is 0 Å². The Kier molecular flexibility index (Phi) is 5.73. The summed E-state index contributed by atoms with van der Waals surface area (Å²) in [4.78, 5) is 11.7. The summed E-state index contributed by atoms with van der Waals surface area (Å²) in [7, 11) is -4.26. The first-order valence-corrected chi connectivity index (χ1v) is 9.03. The smallest absolute Gasteiger partial charge is 0.262 e. The summed E-state index contributed by atoms with van der Waals surface area (Å²) in [5, 5.41) is 2.69. The largest absolute Gasteiger partial charge is 0.352 e. The molecule has 5 nitrogen and oxygen atoms in total. The van der Waals surface area contributed by atoms with Gasteiger partial charge in [0.25, 0.3) is 15.9 Å². The molecule has 0 saturated heterocycles. The average molecular weight is 368 g/mol. The van der Waals surface area contributed by atoms with Gasteiger partial charge in [0.1, 0.15) is 11.6 Å². The molecule has 0 aliphatic rings. The van der Waals surface area contributed by atoms with E-state index in [0.717, 1.165) is 0 Å². The zero-order chi connectivity index (χ0) is 18.6. The minimum atomic E-state index is -4.26. The Morgan fingerprint density at radius 3 is 2.28 bits per heavy atom. The monoisotopic (exact) mass is 368 g/mol. The van der Waals surface area contributed by atoms with Gasteiger partial charge in [0.2, 0.25) is 0 Å². The molecule has 0 fully saturated rings. The molecule has 25 heavy (non-hydrogen) atoms. The van der Waals surface area contributed by atoms with E-state index in [1.807, 2.05) is 13.8 Å². The number of para-hydroxylation sites is 1. The summed E-state index contributed by atoms with van der Waals surface area (Å²) >= 11 is 0. The maximum absolute atomic E-state index is 13.3. The Morgan fingerprint density at radius 2 is 1.68 bits per heavy atom.